The largest absolute Gasteiger partial charge is 0.352 e. The number of thiazole rings is 1. The highest BCUT2D eigenvalue weighted by Gasteiger charge is 2.16. The molecule has 0 spiro atoms. The summed E-state index contributed by atoms with van der Waals surface area (Å²) in [5, 5.41) is 4.62. The molecule has 3 aromatic rings. The van der Waals surface area contributed by atoms with Gasteiger partial charge in [0.2, 0.25) is 0 Å². The van der Waals surface area contributed by atoms with Crippen molar-refractivity contribution >= 4 is 32.4 Å². The van der Waals surface area contributed by atoms with Crippen LogP contribution in [0.15, 0.2) is 65.0 Å². The minimum Gasteiger partial charge on any atom is -0.352 e. The summed E-state index contributed by atoms with van der Waals surface area (Å²) in [6.45, 7) is 0.269. The van der Waals surface area contributed by atoms with Crippen LogP contribution in [0, 0.1) is 5.82 Å². The maximum absolute atomic E-state index is 13.5. The van der Waals surface area contributed by atoms with E-state index in [1.54, 1.807) is 23.6 Å². The number of carbonyl (C=O) groups is 1. The quantitative estimate of drug-likeness (QED) is 0.632. The molecule has 2 N–H and O–H groups in total. The van der Waals surface area contributed by atoms with E-state index < -0.39 is 10.0 Å². The van der Waals surface area contributed by atoms with Crippen LogP contribution in [0.25, 0.3) is 0 Å². The number of amides is 1. The van der Waals surface area contributed by atoms with E-state index in [-0.39, 0.29) is 28.3 Å². The van der Waals surface area contributed by atoms with Crippen LogP contribution < -0.4 is 10.0 Å². The van der Waals surface area contributed by atoms with Gasteiger partial charge < -0.3 is 5.32 Å². The van der Waals surface area contributed by atoms with Crippen LogP contribution >= 0.6 is 11.3 Å². The molecule has 9 heteroatoms. The summed E-state index contributed by atoms with van der Waals surface area (Å²) in [4.78, 5) is 16.1. The van der Waals surface area contributed by atoms with Crippen molar-refractivity contribution in [3.05, 3.63) is 77.1 Å². The minimum atomic E-state index is -3.76. The third-order valence-corrected chi connectivity index (χ3v) is 5.89. The van der Waals surface area contributed by atoms with E-state index in [1.165, 1.54) is 47.9 Å². The van der Waals surface area contributed by atoms with Crippen LogP contribution in [0.5, 0.6) is 0 Å². The molecule has 2 aromatic carbocycles. The Balaban J connectivity index is 1.59. The van der Waals surface area contributed by atoms with E-state index in [9.17, 15) is 17.6 Å². The number of rotatable bonds is 7. The third-order valence-electron chi connectivity index (χ3n) is 3.72. The number of aromatic nitrogens is 1. The van der Waals surface area contributed by atoms with Gasteiger partial charge in [0.25, 0.3) is 15.9 Å². The SMILES string of the molecule is O=C(NCCc1ccccc1F)c1ccc(S(=O)(=O)Nc2nccs2)cc1. The summed E-state index contributed by atoms with van der Waals surface area (Å²) >= 11 is 1.17. The lowest BCUT2D eigenvalue weighted by Gasteiger charge is -2.08. The topological polar surface area (TPSA) is 88.2 Å². The van der Waals surface area contributed by atoms with Crippen molar-refractivity contribution in [3.8, 4) is 0 Å². The Morgan fingerprint density at radius 3 is 2.52 bits per heavy atom. The highest BCUT2D eigenvalue weighted by Crippen LogP contribution is 2.18. The van der Waals surface area contributed by atoms with Gasteiger partial charge in [-0.3, -0.25) is 9.52 Å². The number of nitrogens with zero attached hydrogens (tertiary/aromatic N) is 1. The van der Waals surface area contributed by atoms with Crippen molar-refractivity contribution in [1.29, 1.82) is 0 Å². The van der Waals surface area contributed by atoms with Gasteiger partial charge in [0.15, 0.2) is 5.13 Å². The first-order valence-corrected chi connectivity index (χ1v) is 10.4. The van der Waals surface area contributed by atoms with Crippen molar-refractivity contribution in [1.82, 2.24) is 10.3 Å². The molecule has 0 fully saturated rings. The molecule has 0 radical (unpaired) electrons. The highest BCUT2D eigenvalue weighted by molar-refractivity contribution is 7.93. The smallest absolute Gasteiger partial charge is 0.263 e. The van der Waals surface area contributed by atoms with Crippen molar-refractivity contribution in [3.63, 3.8) is 0 Å². The second kappa shape index (κ2) is 8.28. The number of nitrogens with one attached hydrogen (secondary N) is 2. The molecule has 3 rings (SSSR count). The van der Waals surface area contributed by atoms with Crippen LogP contribution in [0.2, 0.25) is 0 Å². The number of benzene rings is 2. The van der Waals surface area contributed by atoms with Crippen LogP contribution in [-0.4, -0.2) is 25.9 Å². The van der Waals surface area contributed by atoms with Gasteiger partial charge in [-0.1, -0.05) is 18.2 Å². The Morgan fingerprint density at radius 1 is 1.11 bits per heavy atom. The van der Waals surface area contributed by atoms with Crippen LogP contribution in [-0.2, 0) is 16.4 Å². The lowest BCUT2D eigenvalue weighted by molar-refractivity contribution is 0.0954. The number of hydrogen-bond donors (Lipinski definition) is 2. The Morgan fingerprint density at radius 2 is 1.85 bits per heavy atom. The van der Waals surface area contributed by atoms with Crippen molar-refractivity contribution < 1.29 is 17.6 Å². The number of hydrogen-bond acceptors (Lipinski definition) is 5. The zero-order chi connectivity index (χ0) is 19.3. The lowest BCUT2D eigenvalue weighted by atomic mass is 10.1. The first kappa shape index (κ1) is 19.0. The monoisotopic (exact) mass is 405 g/mol. The molecular weight excluding hydrogens is 389 g/mol. The fourth-order valence-electron chi connectivity index (χ4n) is 2.35. The predicted octanol–water partition coefficient (Wildman–Crippen LogP) is 3.06. The molecule has 1 amide bonds. The standard InChI is InChI=1S/C18H16FN3O3S2/c19-16-4-2-1-3-13(16)9-10-20-17(23)14-5-7-15(8-6-14)27(24,25)22-18-21-11-12-26-18/h1-8,11-12H,9-10H2,(H,20,23)(H,21,22). The van der Waals surface area contributed by atoms with E-state index in [1.807, 2.05) is 0 Å². The van der Waals surface area contributed by atoms with Gasteiger partial charge >= 0.3 is 0 Å². The molecule has 0 aliphatic carbocycles. The molecule has 0 saturated heterocycles. The number of halogens is 1. The van der Waals surface area contributed by atoms with Gasteiger partial charge in [-0.15, -0.1) is 11.3 Å². The van der Waals surface area contributed by atoms with E-state index in [0.29, 0.717) is 17.5 Å². The molecule has 0 bridgehead atoms. The molecule has 27 heavy (non-hydrogen) atoms. The molecular formula is C18H16FN3O3S2. The Hall–Kier alpha value is -2.78. The molecule has 1 heterocycles. The summed E-state index contributed by atoms with van der Waals surface area (Å²) < 4.78 is 40.4. The van der Waals surface area contributed by atoms with E-state index in [4.69, 9.17) is 0 Å². The second-order valence-corrected chi connectivity index (χ2v) is 8.14. The summed E-state index contributed by atoms with van der Waals surface area (Å²) in [6.07, 6.45) is 1.86. The summed E-state index contributed by atoms with van der Waals surface area (Å²) in [5.74, 6) is -0.669. The Kier molecular flexibility index (Phi) is 5.82. The zero-order valence-electron chi connectivity index (χ0n) is 14.1. The van der Waals surface area contributed by atoms with Crippen molar-refractivity contribution in [2.24, 2.45) is 0 Å². The van der Waals surface area contributed by atoms with Gasteiger partial charge in [0.1, 0.15) is 5.82 Å². The minimum absolute atomic E-state index is 0.0283. The number of carbonyl (C=O) groups excluding carboxylic acids is 1. The maximum atomic E-state index is 13.5. The van der Waals surface area contributed by atoms with Gasteiger partial charge in [-0.2, -0.15) is 0 Å². The second-order valence-electron chi connectivity index (χ2n) is 5.56. The highest BCUT2D eigenvalue weighted by atomic mass is 32.2. The predicted molar refractivity (Wildman–Crippen MR) is 102 cm³/mol. The van der Waals surface area contributed by atoms with Crippen molar-refractivity contribution in [2.75, 3.05) is 11.3 Å². The van der Waals surface area contributed by atoms with Crippen LogP contribution in [0.3, 0.4) is 0 Å². The Labute approximate surface area is 160 Å². The van der Waals surface area contributed by atoms with Gasteiger partial charge in [-0.25, -0.2) is 17.8 Å². The summed E-state index contributed by atoms with van der Waals surface area (Å²) in [7, 11) is -3.76. The average molecular weight is 405 g/mol. The maximum Gasteiger partial charge on any atom is 0.263 e. The molecule has 0 unspecified atom stereocenters. The van der Waals surface area contributed by atoms with E-state index in [0.717, 1.165) is 0 Å². The van der Waals surface area contributed by atoms with Gasteiger partial charge in [0, 0.05) is 23.7 Å². The molecule has 1 aromatic heterocycles. The van der Waals surface area contributed by atoms with Crippen molar-refractivity contribution in [2.45, 2.75) is 11.3 Å². The molecule has 6 nitrogen and oxygen atoms in total. The average Bonchev–Trinajstić information content (AvgIpc) is 3.15. The summed E-state index contributed by atoms with van der Waals surface area (Å²) in [6, 6.07) is 11.9. The number of sulfonamides is 1. The Bertz CT molecular complexity index is 1020. The van der Waals surface area contributed by atoms with E-state index in [2.05, 4.69) is 15.0 Å². The van der Waals surface area contributed by atoms with Crippen LogP contribution in [0.1, 0.15) is 15.9 Å². The molecule has 140 valence electrons. The van der Waals surface area contributed by atoms with Gasteiger partial charge in [0.05, 0.1) is 4.90 Å². The third kappa shape index (κ3) is 4.89. The molecule has 0 aliphatic rings. The molecule has 0 saturated carbocycles. The number of anilines is 1. The normalized spacial score (nSPS) is 11.1. The fraction of sp³-hybridized carbons (Fsp3) is 0.111. The molecule has 0 atom stereocenters. The van der Waals surface area contributed by atoms with Crippen LogP contribution in [0.4, 0.5) is 9.52 Å². The molecule has 0 aliphatic heterocycles. The lowest BCUT2D eigenvalue weighted by Crippen LogP contribution is -2.26. The fourth-order valence-corrected chi connectivity index (χ4v) is 4.14. The zero-order valence-corrected chi connectivity index (χ0v) is 15.7. The van der Waals surface area contributed by atoms with E-state index >= 15 is 0 Å². The first-order chi connectivity index (χ1) is 13.0. The van der Waals surface area contributed by atoms with Gasteiger partial charge in [-0.05, 0) is 42.3 Å². The summed E-state index contributed by atoms with van der Waals surface area (Å²) in [5.41, 5.74) is 0.837. The first-order valence-electron chi connectivity index (χ1n) is 8.00.